The molecule has 1 N–H and O–H groups in total. The average Bonchev–Trinajstić information content (AvgIpc) is 2.86. The molecule has 36 heavy (non-hydrogen) atoms. The molecule has 0 radical (unpaired) electrons. The van der Waals surface area contributed by atoms with Gasteiger partial charge in [0.1, 0.15) is 11.7 Å². The van der Waals surface area contributed by atoms with Gasteiger partial charge in [-0.05, 0) is 18.9 Å². The maximum atomic E-state index is 13.5. The molecule has 0 aliphatic carbocycles. The van der Waals surface area contributed by atoms with Crippen LogP contribution in [0.5, 0.6) is 5.88 Å². The maximum Gasteiger partial charge on any atom is 0.259 e. The van der Waals surface area contributed by atoms with Crippen molar-refractivity contribution in [1.29, 1.82) is 0 Å². The number of hydrogen-bond acceptors (Lipinski definition) is 7. The van der Waals surface area contributed by atoms with E-state index in [2.05, 4.69) is 35.6 Å². The highest BCUT2D eigenvalue weighted by molar-refractivity contribution is 5.97. The smallest absolute Gasteiger partial charge is 0.259 e. The summed E-state index contributed by atoms with van der Waals surface area (Å²) in [4.78, 5) is 36.3. The number of nitrogens with zero attached hydrogens (tertiary/aromatic N) is 4. The van der Waals surface area contributed by atoms with Gasteiger partial charge < -0.3 is 24.4 Å². The molecule has 3 atom stereocenters. The first kappa shape index (κ1) is 27.9. The van der Waals surface area contributed by atoms with Crippen LogP contribution in [0.2, 0.25) is 0 Å². The minimum atomic E-state index is -0.380. The lowest BCUT2D eigenvalue weighted by molar-refractivity contribution is -0.133. The highest BCUT2D eigenvalue weighted by Crippen LogP contribution is 2.27. The summed E-state index contributed by atoms with van der Waals surface area (Å²) >= 11 is 0. The Morgan fingerprint density at radius 1 is 1.31 bits per heavy atom. The van der Waals surface area contributed by atoms with Gasteiger partial charge in [0.15, 0.2) is 0 Å². The molecule has 2 aliphatic heterocycles. The summed E-state index contributed by atoms with van der Waals surface area (Å²) in [5.41, 5.74) is 0.969. The van der Waals surface area contributed by atoms with Crippen molar-refractivity contribution in [3.63, 3.8) is 0 Å². The van der Waals surface area contributed by atoms with E-state index in [9.17, 15) is 14.7 Å². The molecule has 2 amide bonds. The number of hydrogen-bond donors (Lipinski definition) is 1. The van der Waals surface area contributed by atoms with Crippen molar-refractivity contribution >= 4 is 11.8 Å². The first-order chi connectivity index (χ1) is 17.2. The van der Waals surface area contributed by atoms with Crippen molar-refractivity contribution in [2.45, 2.75) is 46.3 Å². The summed E-state index contributed by atoms with van der Waals surface area (Å²) in [7, 11) is 1.78. The zero-order valence-electron chi connectivity index (χ0n) is 22.2. The standard InChI is InChI=1S/C27H40N4O5/c1-19(2)7-6-8-22-13-23-26(28-14-22)36-24(20(3)15-31(27(23)34)21(4)18-32)16-29(5)25(33)17-30-9-11-35-12-10-30/h13-14,19-21,24,32H,7,9-12,15-18H2,1-5H3/t20-,21+,24-/m1/s1. The zero-order chi connectivity index (χ0) is 26.2. The number of fused-ring (bicyclic) bond motifs is 1. The minimum absolute atomic E-state index is 0.00961. The van der Waals surface area contributed by atoms with Gasteiger partial charge in [0.25, 0.3) is 5.91 Å². The molecule has 1 saturated heterocycles. The third-order valence-corrected chi connectivity index (χ3v) is 6.61. The Balaban J connectivity index is 1.83. The molecule has 0 bridgehead atoms. The molecule has 3 rings (SSSR count). The number of likely N-dealkylation sites (N-methyl/N-ethyl adjacent to an activating group) is 1. The van der Waals surface area contributed by atoms with Crippen molar-refractivity contribution in [2.75, 3.05) is 59.6 Å². The molecule has 0 saturated carbocycles. The van der Waals surface area contributed by atoms with Gasteiger partial charge in [0.2, 0.25) is 11.8 Å². The van der Waals surface area contributed by atoms with Crippen LogP contribution in [-0.4, -0.2) is 108 Å². The number of amides is 2. The fraction of sp³-hybridized carbons (Fsp3) is 0.667. The highest BCUT2D eigenvalue weighted by atomic mass is 16.5. The van der Waals surface area contributed by atoms with Crippen LogP contribution < -0.4 is 4.74 Å². The number of aromatic nitrogens is 1. The van der Waals surface area contributed by atoms with Gasteiger partial charge in [0, 0.05) is 50.8 Å². The lowest BCUT2D eigenvalue weighted by Crippen LogP contribution is -2.51. The summed E-state index contributed by atoms with van der Waals surface area (Å²) in [6.45, 7) is 11.7. The maximum absolute atomic E-state index is 13.5. The lowest BCUT2D eigenvalue weighted by Gasteiger charge is -2.38. The number of carbonyl (C=O) groups excluding carboxylic acids is 2. The van der Waals surface area contributed by atoms with Gasteiger partial charge in [-0.1, -0.05) is 32.6 Å². The van der Waals surface area contributed by atoms with E-state index in [1.54, 1.807) is 29.1 Å². The van der Waals surface area contributed by atoms with Crippen LogP contribution in [0.25, 0.3) is 0 Å². The Labute approximate surface area is 214 Å². The van der Waals surface area contributed by atoms with E-state index in [1.165, 1.54) is 0 Å². The van der Waals surface area contributed by atoms with Crippen LogP contribution in [0.4, 0.5) is 0 Å². The van der Waals surface area contributed by atoms with E-state index in [0.717, 1.165) is 19.5 Å². The summed E-state index contributed by atoms with van der Waals surface area (Å²) in [5.74, 6) is 6.58. The van der Waals surface area contributed by atoms with E-state index >= 15 is 0 Å². The topological polar surface area (TPSA) is 95.4 Å². The number of ether oxygens (including phenoxy) is 2. The van der Waals surface area contributed by atoms with E-state index in [-0.39, 0.29) is 42.4 Å². The van der Waals surface area contributed by atoms with Crippen LogP contribution in [0.15, 0.2) is 12.3 Å². The minimum Gasteiger partial charge on any atom is -0.472 e. The molecule has 1 fully saturated rings. The van der Waals surface area contributed by atoms with Gasteiger partial charge in [-0.2, -0.15) is 0 Å². The molecule has 0 aromatic carbocycles. The Morgan fingerprint density at radius 2 is 2.03 bits per heavy atom. The summed E-state index contributed by atoms with van der Waals surface area (Å²) in [5, 5.41) is 9.83. The molecular formula is C27H40N4O5. The third kappa shape index (κ3) is 7.42. The zero-order valence-corrected chi connectivity index (χ0v) is 22.2. The summed E-state index contributed by atoms with van der Waals surface area (Å²) < 4.78 is 11.7. The second kappa shape index (κ2) is 13.0. The van der Waals surface area contributed by atoms with Crippen LogP contribution in [0, 0.1) is 23.7 Å². The Kier molecular flexibility index (Phi) is 10.1. The Bertz CT molecular complexity index is 967. The fourth-order valence-electron chi connectivity index (χ4n) is 4.19. The number of morpholine rings is 1. The molecule has 1 aromatic rings. The molecule has 0 spiro atoms. The van der Waals surface area contributed by atoms with Crippen molar-refractivity contribution in [3.8, 4) is 17.7 Å². The van der Waals surface area contributed by atoms with Crippen molar-refractivity contribution in [2.24, 2.45) is 11.8 Å². The largest absolute Gasteiger partial charge is 0.472 e. The van der Waals surface area contributed by atoms with Crippen LogP contribution in [0.1, 0.15) is 50.0 Å². The Morgan fingerprint density at radius 3 is 2.69 bits per heavy atom. The van der Waals surface area contributed by atoms with E-state index in [4.69, 9.17) is 9.47 Å². The van der Waals surface area contributed by atoms with Crippen molar-refractivity contribution < 1.29 is 24.2 Å². The lowest BCUT2D eigenvalue weighted by atomic mass is 10.00. The predicted octanol–water partition coefficient (Wildman–Crippen LogP) is 1.49. The molecule has 9 nitrogen and oxygen atoms in total. The SMILES string of the molecule is CC(C)CC#Cc1cnc2c(c1)C(=O)N([C@@H](C)CO)C[C@@H](C)[C@@H](CN(C)C(=O)CN1CCOCC1)O2. The third-order valence-electron chi connectivity index (χ3n) is 6.61. The second-order valence-electron chi connectivity index (χ2n) is 10.3. The number of aliphatic hydroxyl groups excluding tert-OH is 1. The number of pyridine rings is 1. The van der Waals surface area contributed by atoms with Gasteiger partial charge in [-0.15, -0.1) is 0 Å². The quantitative estimate of drug-likeness (QED) is 0.567. The summed E-state index contributed by atoms with van der Waals surface area (Å²) in [6.07, 6.45) is 1.99. The second-order valence-corrected chi connectivity index (χ2v) is 10.3. The van der Waals surface area contributed by atoms with Crippen LogP contribution in [0.3, 0.4) is 0 Å². The first-order valence-electron chi connectivity index (χ1n) is 12.8. The van der Waals surface area contributed by atoms with E-state index in [1.807, 2.05) is 13.8 Å². The number of aliphatic hydroxyl groups is 1. The molecule has 198 valence electrons. The predicted molar refractivity (Wildman–Crippen MR) is 137 cm³/mol. The van der Waals surface area contributed by atoms with Crippen LogP contribution in [-0.2, 0) is 9.53 Å². The Hall–Kier alpha value is -2.67. The molecule has 3 heterocycles. The first-order valence-corrected chi connectivity index (χ1v) is 12.8. The normalized spacial score (nSPS) is 21.5. The molecule has 2 aliphatic rings. The van der Waals surface area contributed by atoms with Gasteiger partial charge in [-0.3, -0.25) is 14.5 Å². The fourth-order valence-corrected chi connectivity index (χ4v) is 4.19. The van der Waals surface area contributed by atoms with Crippen molar-refractivity contribution in [3.05, 3.63) is 23.4 Å². The van der Waals surface area contributed by atoms with Crippen LogP contribution >= 0.6 is 0 Å². The average molecular weight is 501 g/mol. The molecule has 1 aromatic heterocycles. The molecular weight excluding hydrogens is 460 g/mol. The summed E-state index contributed by atoms with van der Waals surface area (Å²) in [6, 6.07) is 1.35. The molecule has 9 heteroatoms. The number of rotatable bonds is 7. The highest BCUT2D eigenvalue weighted by Gasteiger charge is 2.34. The number of carbonyl (C=O) groups is 2. The van der Waals surface area contributed by atoms with Crippen molar-refractivity contribution in [1.82, 2.24) is 19.7 Å². The van der Waals surface area contributed by atoms with E-state index < -0.39 is 0 Å². The van der Waals surface area contributed by atoms with Gasteiger partial charge >= 0.3 is 0 Å². The monoisotopic (exact) mass is 500 g/mol. The van der Waals surface area contributed by atoms with Gasteiger partial charge in [0.05, 0.1) is 39.0 Å². The van der Waals surface area contributed by atoms with E-state index in [0.29, 0.717) is 49.9 Å². The molecule has 0 unspecified atom stereocenters. The van der Waals surface area contributed by atoms with Gasteiger partial charge in [-0.25, -0.2) is 4.98 Å².